The SMILES string of the molecule is Cc1ccc(C(C(=O)Nc2c(C)cccc2Cl)N(C(=O)C(NC(=O)OC(C)(C)C)C(C)C)C(C)(C)C)cc1C. The number of carbonyl (C=O) groups excluding carboxylic acids is 3. The molecule has 0 aromatic heterocycles. The summed E-state index contributed by atoms with van der Waals surface area (Å²) in [5, 5.41) is 6.14. The summed E-state index contributed by atoms with van der Waals surface area (Å²) in [6.07, 6.45) is -0.692. The van der Waals surface area contributed by atoms with Crippen molar-refractivity contribution in [2.45, 2.75) is 99.4 Å². The van der Waals surface area contributed by atoms with E-state index in [0.29, 0.717) is 16.3 Å². The number of carbonyl (C=O) groups is 3. The minimum Gasteiger partial charge on any atom is -0.444 e. The molecule has 0 aliphatic heterocycles. The highest BCUT2D eigenvalue weighted by molar-refractivity contribution is 6.34. The van der Waals surface area contributed by atoms with Crippen LogP contribution in [0.25, 0.3) is 0 Å². The van der Waals surface area contributed by atoms with Crippen LogP contribution in [0.4, 0.5) is 10.5 Å². The monoisotopic (exact) mass is 557 g/mol. The molecule has 0 radical (unpaired) electrons. The van der Waals surface area contributed by atoms with Gasteiger partial charge in [-0.15, -0.1) is 0 Å². The van der Waals surface area contributed by atoms with Crippen LogP contribution in [-0.2, 0) is 14.3 Å². The third kappa shape index (κ3) is 8.46. The molecular weight excluding hydrogens is 514 g/mol. The highest BCUT2D eigenvalue weighted by Gasteiger charge is 2.43. The van der Waals surface area contributed by atoms with E-state index in [2.05, 4.69) is 10.6 Å². The topological polar surface area (TPSA) is 87.7 Å². The molecule has 0 saturated heterocycles. The van der Waals surface area contributed by atoms with Crippen molar-refractivity contribution in [3.63, 3.8) is 0 Å². The second-order valence-electron chi connectivity index (χ2n) is 12.4. The Kier molecular flexibility index (Phi) is 10.2. The Morgan fingerprint density at radius 1 is 0.897 bits per heavy atom. The predicted molar refractivity (Wildman–Crippen MR) is 158 cm³/mol. The number of rotatable bonds is 7. The lowest BCUT2D eigenvalue weighted by molar-refractivity contribution is -0.147. The van der Waals surface area contributed by atoms with Gasteiger partial charge in [0.2, 0.25) is 5.91 Å². The third-order valence-electron chi connectivity index (χ3n) is 6.39. The number of hydrogen-bond acceptors (Lipinski definition) is 4. The summed E-state index contributed by atoms with van der Waals surface area (Å²) in [6.45, 7) is 20.4. The second kappa shape index (κ2) is 12.4. The van der Waals surface area contributed by atoms with Crippen LogP contribution in [0.5, 0.6) is 0 Å². The summed E-state index contributed by atoms with van der Waals surface area (Å²) in [7, 11) is 0. The molecule has 0 spiro atoms. The summed E-state index contributed by atoms with van der Waals surface area (Å²) >= 11 is 6.45. The van der Waals surface area contributed by atoms with Crippen molar-refractivity contribution in [1.82, 2.24) is 10.2 Å². The molecular formula is C31H44ClN3O4. The predicted octanol–water partition coefficient (Wildman–Crippen LogP) is 7.12. The van der Waals surface area contributed by atoms with Gasteiger partial charge in [0.05, 0.1) is 10.7 Å². The largest absolute Gasteiger partial charge is 0.444 e. The normalized spacial score (nSPS) is 13.5. The fraction of sp³-hybridized carbons (Fsp3) is 0.516. The number of ether oxygens (including phenoxy) is 1. The van der Waals surface area contributed by atoms with Gasteiger partial charge in [-0.2, -0.15) is 0 Å². The van der Waals surface area contributed by atoms with Crippen molar-refractivity contribution >= 4 is 35.2 Å². The first-order valence-corrected chi connectivity index (χ1v) is 13.7. The Labute approximate surface area is 238 Å². The Hall–Kier alpha value is -3.06. The number of nitrogens with zero attached hydrogens (tertiary/aromatic N) is 1. The Bertz CT molecular complexity index is 1190. The molecule has 8 heteroatoms. The van der Waals surface area contributed by atoms with Gasteiger partial charge in [-0.3, -0.25) is 9.59 Å². The van der Waals surface area contributed by atoms with E-state index in [4.69, 9.17) is 16.3 Å². The van der Waals surface area contributed by atoms with E-state index in [1.807, 2.05) is 85.7 Å². The van der Waals surface area contributed by atoms with E-state index in [-0.39, 0.29) is 5.92 Å². The average Bonchev–Trinajstić information content (AvgIpc) is 2.77. The molecule has 2 aromatic carbocycles. The van der Waals surface area contributed by atoms with Gasteiger partial charge in [-0.05, 0) is 96.6 Å². The zero-order valence-corrected chi connectivity index (χ0v) is 25.9. The number of nitrogens with one attached hydrogen (secondary N) is 2. The lowest BCUT2D eigenvalue weighted by Gasteiger charge is -2.43. The first kappa shape index (κ1) is 32.2. The number of hydrogen-bond donors (Lipinski definition) is 2. The maximum Gasteiger partial charge on any atom is 0.408 e. The number of para-hydroxylation sites is 1. The van der Waals surface area contributed by atoms with Gasteiger partial charge in [0.1, 0.15) is 17.7 Å². The number of benzene rings is 2. The molecule has 0 heterocycles. The Morgan fingerprint density at radius 3 is 2.00 bits per heavy atom. The van der Waals surface area contributed by atoms with Gasteiger partial charge in [-0.25, -0.2) is 4.79 Å². The molecule has 2 N–H and O–H groups in total. The lowest BCUT2D eigenvalue weighted by atomic mass is 9.92. The van der Waals surface area contributed by atoms with Gasteiger partial charge in [0.15, 0.2) is 0 Å². The zero-order chi connectivity index (χ0) is 29.9. The fourth-order valence-corrected chi connectivity index (χ4v) is 4.55. The average molecular weight is 558 g/mol. The fourth-order valence-electron chi connectivity index (χ4n) is 4.28. The molecule has 2 aromatic rings. The molecule has 0 aliphatic carbocycles. The van der Waals surface area contributed by atoms with Crippen molar-refractivity contribution in [2.24, 2.45) is 5.92 Å². The highest BCUT2D eigenvalue weighted by Crippen LogP contribution is 2.34. The smallest absolute Gasteiger partial charge is 0.408 e. The van der Waals surface area contributed by atoms with E-state index < -0.39 is 41.1 Å². The summed E-state index contributed by atoms with van der Waals surface area (Å²) in [5.41, 5.74) is 2.49. The first-order valence-electron chi connectivity index (χ1n) is 13.3. The molecule has 2 unspecified atom stereocenters. The molecule has 0 saturated carbocycles. The molecule has 2 atom stereocenters. The number of anilines is 1. The van der Waals surface area contributed by atoms with E-state index in [1.165, 1.54) is 0 Å². The van der Waals surface area contributed by atoms with Crippen molar-refractivity contribution in [3.05, 3.63) is 63.7 Å². The van der Waals surface area contributed by atoms with Crippen LogP contribution in [-0.4, -0.2) is 40.0 Å². The quantitative estimate of drug-likeness (QED) is 0.379. The van der Waals surface area contributed by atoms with E-state index in [1.54, 1.807) is 31.7 Å². The maximum absolute atomic E-state index is 14.3. The van der Waals surface area contributed by atoms with E-state index in [9.17, 15) is 14.4 Å². The van der Waals surface area contributed by atoms with Gasteiger partial charge in [-0.1, -0.05) is 55.8 Å². The second-order valence-corrected chi connectivity index (χ2v) is 12.8. The third-order valence-corrected chi connectivity index (χ3v) is 6.70. The van der Waals surface area contributed by atoms with Crippen molar-refractivity contribution in [1.29, 1.82) is 0 Å². The van der Waals surface area contributed by atoms with Crippen LogP contribution in [0.1, 0.15) is 83.7 Å². The number of alkyl carbamates (subject to hydrolysis) is 1. The van der Waals surface area contributed by atoms with Gasteiger partial charge >= 0.3 is 6.09 Å². The Balaban J connectivity index is 2.66. The van der Waals surface area contributed by atoms with E-state index >= 15 is 0 Å². The summed E-state index contributed by atoms with van der Waals surface area (Å²) in [5.74, 6) is -1.07. The zero-order valence-electron chi connectivity index (χ0n) is 25.2. The molecule has 39 heavy (non-hydrogen) atoms. The molecule has 214 valence electrons. The minimum absolute atomic E-state index is 0.274. The van der Waals surface area contributed by atoms with Crippen LogP contribution in [0.15, 0.2) is 36.4 Å². The number of halogens is 1. The van der Waals surface area contributed by atoms with Crippen LogP contribution in [0, 0.1) is 26.7 Å². The lowest BCUT2D eigenvalue weighted by Crippen LogP contribution is -2.59. The number of aryl methyl sites for hydroxylation is 3. The van der Waals surface area contributed by atoms with Crippen LogP contribution in [0.2, 0.25) is 5.02 Å². The van der Waals surface area contributed by atoms with Crippen molar-refractivity contribution in [3.8, 4) is 0 Å². The van der Waals surface area contributed by atoms with Crippen LogP contribution in [0.3, 0.4) is 0 Å². The standard InChI is InChI=1S/C31H44ClN3O4/c1-18(2)24(34-29(38)39-31(9,10)11)28(37)35(30(6,7)8)26(22-16-15-19(3)21(5)17-22)27(36)33-25-20(4)13-12-14-23(25)32/h12-18,24,26H,1-11H3,(H,33,36)(H,34,38). The number of amides is 3. The summed E-state index contributed by atoms with van der Waals surface area (Å²) in [4.78, 5) is 42.8. The molecule has 2 rings (SSSR count). The minimum atomic E-state index is -1.01. The Morgan fingerprint density at radius 2 is 1.51 bits per heavy atom. The maximum atomic E-state index is 14.3. The summed E-state index contributed by atoms with van der Waals surface area (Å²) in [6, 6.07) is 9.18. The molecule has 0 bridgehead atoms. The van der Waals surface area contributed by atoms with Gasteiger partial charge in [0.25, 0.3) is 5.91 Å². The van der Waals surface area contributed by atoms with Crippen LogP contribution >= 0.6 is 11.6 Å². The van der Waals surface area contributed by atoms with Crippen LogP contribution < -0.4 is 10.6 Å². The molecule has 0 fully saturated rings. The molecule has 3 amide bonds. The van der Waals surface area contributed by atoms with Crippen molar-refractivity contribution < 1.29 is 19.1 Å². The first-order chi connectivity index (χ1) is 17.8. The van der Waals surface area contributed by atoms with Gasteiger partial charge < -0.3 is 20.3 Å². The molecule has 7 nitrogen and oxygen atoms in total. The van der Waals surface area contributed by atoms with E-state index in [0.717, 1.165) is 16.7 Å². The van der Waals surface area contributed by atoms with Gasteiger partial charge in [0, 0.05) is 5.54 Å². The van der Waals surface area contributed by atoms with Crippen molar-refractivity contribution in [2.75, 3.05) is 5.32 Å². The highest BCUT2D eigenvalue weighted by atomic mass is 35.5. The molecule has 0 aliphatic rings. The summed E-state index contributed by atoms with van der Waals surface area (Å²) < 4.78 is 5.45.